The summed E-state index contributed by atoms with van der Waals surface area (Å²) in [4.78, 5) is 0. The number of hydrogen-bond donors (Lipinski definition) is 1. The zero-order valence-corrected chi connectivity index (χ0v) is 12.8. The highest BCUT2D eigenvalue weighted by atomic mass is 35.5. The fraction of sp³-hybridized carbons (Fsp3) is 0.600. The molecule has 2 N–H and O–H groups in total. The van der Waals surface area contributed by atoms with Gasteiger partial charge in [-0.1, -0.05) is 25.4 Å². The third-order valence-corrected chi connectivity index (χ3v) is 3.46. The zero-order valence-electron chi connectivity index (χ0n) is 12.0. The average molecular weight is 270 g/mol. The molecule has 0 heterocycles. The fourth-order valence-electron chi connectivity index (χ4n) is 2.11. The van der Waals surface area contributed by atoms with Gasteiger partial charge in [0.1, 0.15) is 5.75 Å². The third-order valence-electron chi connectivity index (χ3n) is 3.07. The number of nitrogens with two attached hydrogens (primary N) is 1. The van der Waals surface area contributed by atoms with Crippen molar-refractivity contribution in [1.29, 1.82) is 0 Å². The van der Waals surface area contributed by atoms with E-state index in [0.29, 0.717) is 12.5 Å². The summed E-state index contributed by atoms with van der Waals surface area (Å²) < 4.78 is 5.85. The fourth-order valence-corrected chi connectivity index (χ4v) is 2.34. The summed E-state index contributed by atoms with van der Waals surface area (Å²) in [5, 5.41) is 0.804. The van der Waals surface area contributed by atoms with Gasteiger partial charge in [-0.2, -0.15) is 0 Å². The van der Waals surface area contributed by atoms with Gasteiger partial charge in [-0.25, -0.2) is 0 Å². The minimum absolute atomic E-state index is 0.0985. The molecule has 3 heteroatoms. The van der Waals surface area contributed by atoms with Crippen molar-refractivity contribution < 1.29 is 4.74 Å². The first kappa shape index (κ1) is 15.3. The Morgan fingerprint density at radius 3 is 2.39 bits per heavy atom. The first-order valence-electron chi connectivity index (χ1n) is 6.58. The molecule has 0 spiro atoms. The highest BCUT2D eigenvalue weighted by molar-refractivity contribution is 6.31. The minimum Gasteiger partial charge on any atom is -0.493 e. The lowest BCUT2D eigenvalue weighted by Crippen LogP contribution is -2.19. The molecule has 1 aromatic rings. The van der Waals surface area contributed by atoms with Crippen LogP contribution in [0.3, 0.4) is 0 Å². The van der Waals surface area contributed by atoms with Crippen LogP contribution in [0.1, 0.15) is 50.3 Å². The normalized spacial score (nSPS) is 12.9. The van der Waals surface area contributed by atoms with Gasteiger partial charge >= 0.3 is 0 Å². The van der Waals surface area contributed by atoms with E-state index >= 15 is 0 Å². The van der Waals surface area contributed by atoms with Gasteiger partial charge in [-0.3, -0.25) is 0 Å². The van der Waals surface area contributed by atoms with Gasteiger partial charge in [0.05, 0.1) is 6.61 Å². The topological polar surface area (TPSA) is 35.2 Å². The van der Waals surface area contributed by atoms with E-state index in [4.69, 9.17) is 22.1 Å². The van der Waals surface area contributed by atoms with Crippen molar-refractivity contribution in [2.24, 2.45) is 5.73 Å². The molecule has 102 valence electrons. The molecule has 0 aliphatic carbocycles. The zero-order chi connectivity index (χ0) is 13.9. The monoisotopic (exact) mass is 269 g/mol. The van der Waals surface area contributed by atoms with Gasteiger partial charge in [0.2, 0.25) is 0 Å². The molecule has 18 heavy (non-hydrogen) atoms. The van der Waals surface area contributed by atoms with Crippen molar-refractivity contribution >= 4 is 11.6 Å². The quantitative estimate of drug-likeness (QED) is 0.875. The van der Waals surface area contributed by atoms with Crippen molar-refractivity contribution in [2.45, 2.75) is 53.0 Å². The minimum atomic E-state index is 0.0985. The van der Waals surface area contributed by atoms with Crippen molar-refractivity contribution in [1.82, 2.24) is 0 Å². The lowest BCUT2D eigenvalue weighted by Gasteiger charge is -2.21. The van der Waals surface area contributed by atoms with Crippen molar-refractivity contribution in [3.05, 3.63) is 27.8 Å². The molecule has 1 rings (SSSR count). The number of ether oxygens (including phenoxy) is 1. The SMILES string of the molecule is CCOc1c(C(C)C)cc(Cl)c(C)c1CC(C)N. The van der Waals surface area contributed by atoms with E-state index in [1.54, 1.807) is 0 Å². The molecule has 0 saturated carbocycles. The van der Waals surface area contributed by atoms with E-state index in [0.717, 1.165) is 28.3 Å². The van der Waals surface area contributed by atoms with Gasteiger partial charge in [-0.15, -0.1) is 0 Å². The van der Waals surface area contributed by atoms with Gasteiger partial charge in [0.25, 0.3) is 0 Å². The Labute approximate surface area is 115 Å². The van der Waals surface area contributed by atoms with E-state index in [-0.39, 0.29) is 6.04 Å². The van der Waals surface area contributed by atoms with Crippen LogP contribution in [-0.4, -0.2) is 12.6 Å². The van der Waals surface area contributed by atoms with Crippen molar-refractivity contribution in [3.8, 4) is 5.75 Å². The summed E-state index contributed by atoms with van der Waals surface area (Å²) in [5.74, 6) is 1.36. The Morgan fingerprint density at radius 1 is 1.33 bits per heavy atom. The predicted molar refractivity (Wildman–Crippen MR) is 78.8 cm³/mol. The predicted octanol–water partition coefficient (Wildman–Crippen LogP) is 4.06. The highest BCUT2D eigenvalue weighted by Gasteiger charge is 2.18. The summed E-state index contributed by atoms with van der Waals surface area (Å²) in [6.45, 7) is 11.0. The van der Waals surface area contributed by atoms with Crippen LogP contribution in [0.15, 0.2) is 6.07 Å². The summed E-state index contributed by atoms with van der Waals surface area (Å²) in [6, 6.07) is 2.12. The van der Waals surface area contributed by atoms with Crippen LogP contribution in [0.2, 0.25) is 5.02 Å². The van der Waals surface area contributed by atoms with Crippen LogP contribution in [0.4, 0.5) is 0 Å². The molecule has 0 aliphatic heterocycles. The highest BCUT2D eigenvalue weighted by Crippen LogP contribution is 2.37. The van der Waals surface area contributed by atoms with E-state index in [2.05, 4.69) is 13.8 Å². The van der Waals surface area contributed by atoms with Gasteiger partial charge < -0.3 is 10.5 Å². The second-order valence-corrected chi connectivity index (χ2v) is 5.56. The molecule has 0 fully saturated rings. The van der Waals surface area contributed by atoms with Gasteiger partial charge in [-0.05, 0) is 50.3 Å². The molecule has 1 atom stereocenters. The second-order valence-electron chi connectivity index (χ2n) is 5.15. The first-order chi connectivity index (χ1) is 8.38. The van der Waals surface area contributed by atoms with Crippen LogP contribution in [0, 0.1) is 6.92 Å². The number of halogens is 1. The van der Waals surface area contributed by atoms with Crippen molar-refractivity contribution in [3.63, 3.8) is 0 Å². The largest absolute Gasteiger partial charge is 0.493 e. The van der Waals surface area contributed by atoms with Crippen molar-refractivity contribution in [2.75, 3.05) is 6.61 Å². The summed E-state index contributed by atoms with van der Waals surface area (Å²) in [6.07, 6.45) is 0.793. The number of benzene rings is 1. The Hall–Kier alpha value is -0.730. The molecular weight excluding hydrogens is 246 g/mol. The van der Waals surface area contributed by atoms with Gasteiger partial charge in [0.15, 0.2) is 0 Å². The molecule has 0 bridgehead atoms. The smallest absolute Gasteiger partial charge is 0.126 e. The number of hydrogen-bond acceptors (Lipinski definition) is 2. The van der Waals surface area contributed by atoms with Crippen LogP contribution >= 0.6 is 11.6 Å². The Kier molecular flexibility index (Phi) is 5.48. The van der Waals surface area contributed by atoms with E-state index in [9.17, 15) is 0 Å². The molecule has 0 aliphatic rings. The summed E-state index contributed by atoms with van der Waals surface area (Å²) in [5.41, 5.74) is 9.35. The van der Waals surface area contributed by atoms with E-state index in [1.807, 2.05) is 26.8 Å². The maximum Gasteiger partial charge on any atom is 0.126 e. The van der Waals surface area contributed by atoms with Crippen LogP contribution in [0.5, 0.6) is 5.75 Å². The molecule has 0 saturated heterocycles. The average Bonchev–Trinajstić information content (AvgIpc) is 2.27. The molecule has 0 aromatic heterocycles. The molecule has 0 radical (unpaired) electrons. The van der Waals surface area contributed by atoms with Crippen LogP contribution in [-0.2, 0) is 6.42 Å². The molecular formula is C15H24ClNO. The Balaban J connectivity index is 3.41. The van der Waals surface area contributed by atoms with Gasteiger partial charge in [0, 0.05) is 16.6 Å². The lowest BCUT2D eigenvalue weighted by molar-refractivity contribution is 0.330. The third kappa shape index (κ3) is 3.39. The van der Waals surface area contributed by atoms with Crippen LogP contribution in [0.25, 0.3) is 0 Å². The Bertz CT molecular complexity index is 413. The van der Waals surface area contributed by atoms with Crippen LogP contribution < -0.4 is 10.5 Å². The molecule has 2 nitrogen and oxygen atoms in total. The lowest BCUT2D eigenvalue weighted by atomic mass is 9.93. The summed E-state index contributed by atoms with van der Waals surface area (Å²) in [7, 11) is 0. The molecule has 1 unspecified atom stereocenters. The van der Waals surface area contributed by atoms with E-state index < -0.39 is 0 Å². The van der Waals surface area contributed by atoms with E-state index in [1.165, 1.54) is 5.56 Å². The second kappa shape index (κ2) is 6.44. The Morgan fingerprint density at radius 2 is 1.94 bits per heavy atom. The first-order valence-corrected chi connectivity index (χ1v) is 6.96. The molecule has 0 amide bonds. The summed E-state index contributed by atoms with van der Waals surface area (Å²) >= 11 is 6.32. The maximum atomic E-state index is 6.32. The number of rotatable bonds is 5. The standard InChI is InChI=1S/C15H24ClNO/c1-6-18-15-12(9(2)3)8-14(16)11(5)13(15)7-10(4)17/h8-10H,6-7,17H2,1-5H3. The maximum absolute atomic E-state index is 6.32. The molecule has 1 aromatic carbocycles.